The predicted octanol–water partition coefficient (Wildman–Crippen LogP) is 5.42. The Morgan fingerprint density at radius 3 is 2.50 bits per heavy atom. The molecule has 0 aliphatic heterocycles. The molecule has 0 bridgehead atoms. The minimum Gasteiger partial charge on any atom is -0.507 e. The third kappa shape index (κ3) is 3.70. The van der Waals surface area contributed by atoms with E-state index in [0.29, 0.717) is 0 Å². The maximum absolute atomic E-state index is 14.8. The van der Waals surface area contributed by atoms with Crippen LogP contribution in [-0.4, -0.2) is 27.0 Å². The maximum atomic E-state index is 14.8. The highest BCUT2D eigenvalue weighted by Gasteiger charge is 2.62. The highest BCUT2D eigenvalue weighted by Crippen LogP contribution is 2.56. The van der Waals surface area contributed by atoms with E-state index < -0.39 is 53.1 Å². The number of hydrogen-bond acceptors (Lipinski definition) is 4. The molecule has 1 heterocycles. The predicted molar refractivity (Wildman–Crippen MR) is 117 cm³/mol. The number of H-pyrrole nitrogens is 1. The van der Waals surface area contributed by atoms with Crippen LogP contribution in [0, 0.1) is 11.6 Å². The highest BCUT2D eigenvalue weighted by molar-refractivity contribution is 5.91. The van der Waals surface area contributed by atoms with Crippen molar-refractivity contribution in [2.45, 2.75) is 56.8 Å². The molecule has 0 saturated carbocycles. The van der Waals surface area contributed by atoms with Crippen molar-refractivity contribution in [3.05, 3.63) is 69.0 Å². The first kappa shape index (κ1) is 24.0. The van der Waals surface area contributed by atoms with Crippen molar-refractivity contribution >= 4 is 16.6 Å². The van der Waals surface area contributed by atoms with Gasteiger partial charge in [0.2, 0.25) is 5.56 Å². The largest absolute Gasteiger partial charge is 0.507 e. The average molecular weight is 482 g/mol. The number of benzene rings is 2. The standard InChI is InChI=1S/C24H23F5N2O3/c1-3-11-10-23(34,24(27,28)29)22(15-9-16(26)13(4-2)21(33)20(11)15)31-18-8-12(25)7-17-14(18)5-6-19(32)30-17/h5-9,11,22,31,33-34H,3-4,10H2,1-2H3,(H,30,32)/t11-,22+,23-/m1/s1. The van der Waals surface area contributed by atoms with E-state index in [1.807, 2.05) is 0 Å². The van der Waals surface area contributed by atoms with E-state index >= 15 is 0 Å². The Kier molecular flexibility index (Phi) is 5.83. The fraction of sp³-hybridized carbons (Fsp3) is 0.375. The van der Waals surface area contributed by atoms with Crippen molar-refractivity contribution in [2.75, 3.05) is 5.32 Å². The van der Waals surface area contributed by atoms with Gasteiger partial charge >= 0.3 is 6.18 Å². The Morgan fingerprint density at radius 1 is 1.18 bits per heavy atom. The fourth-order valence-electron chi connectivity index (χ4n) is 4.91. The van der Waals surface area contributed by atoms with Crippen LogP contribution in [0.25, 0.3) is 10.9 Å². The normalized spacial score (nSPS) is 22.6. The van der Waals surface area contributed by atoms with Crippen molar-refractivity contribution in [1.82, 2.24) is 4.98 Å². The van der Waals surface area contributed by atoms with Gasteiger partial charge in [-0.3, -0.25) is 4.79 Å². The van der Waals surface area contributed by atoms with Gasteiger partial charge in [-0.25, -0.2) is 8.78 Å². The van der Waals surface area contributed by atoms with Crippen LogP contribution < -0.4 is 10.9 Å². The average Bonchev–Trinajstić information content (AvgIpc) is 2.74. The second kappa shape index (κ2) is 8.26. The van der Waals surface area contributed by atoms with Gasteiger partial charge < -0.3 is 20.5 Å². The molecule has 0 unspecified atom stereocenters. The zero-order valence-corrected chi connectivity index (χ0v) is 18.4. The number of aromatic amines is 1. The summed E-state index contributed by atoms with van der Waals surface area (Å²) in [6.07, 6.45) is -5.65. The van der Waals surface area contributed by atoms with Gasteiger partial charge in [-0.2, -0.15) is 13.2 Å². The van der Waals surface area contributed by atoms with Crippen LogP contribution in [0.1, 0.15) is 55.3 Å². The fourth-order valence-corrected chi connectivity index (χ4v) is 4.91. The Balaban J connectivity index is 2.00. The second-order valence-electron chi connectivity index (χ2n) is 8.59. The number of phenolic OH excluding ortho intramolecular Hbond substituents is 1. The first-order chi connectivity index (χ1) is 15.9. The lowest BCUT2D eigenvalue weighted by Gasteiger charge is -2.46. The molecule has 1 aromatic heterocycles. The first-order valence-corrected chi connectivity index (χ1v) is 10.8. The van der Waals surface area contributed by atoms with Crippen molar-refractivity contribution in [3.63, 3.8) is 0 Å². The number of hydrogen-bond donors (Lipinski definition) is 4. The number of fused-ring (bicyclic) bond motifs is 2. The number of phenols is 1. The van der Waals surface area contributed by atoms with Crippen molar-refractivity contribution in [2.24, 2.45) is 0 Å². The summed E-state index contributed by atoms with van der Waals surface area (Å²) in [6.45, 7) is 3.22. The monoisotopic (exact) mass is 482 g/mol. The number of alkyl halides is 3. The summed E-state index contributed by atoms with van der Waals surface area (Å²) in [5, 5.41) is 24.6. The Labute approximate surface area is 191 Å². The van der Waals surface area contributed by atoms with E-state index in [1.54, 1.807) is 13.8 Å². The Bertz CT molecular complexity index is 1320. The first-order valence-electron chi connectivity index (χ1n) is 10.8. The van der Waals surface area contributed by atoms with Gasteiger partial charge in [0.05, 0.1) is 11.6 Å². The van der Waals surface area contributed by atoms with Crippen LogP contribution in [0.3, 0.4) is 0 Å². The van der Waals surface area contributed by atoms with Gasteiger partial charge in [0, 0.05) is 28.3 Å². The Morgan fingerprint density at radius 2 is 1.88 bits per heavy atom. The minimum atomic E-state index is -5.14. The number of rotatable bonds is 4. The second-order valence-corrected chi connectivity index (χ2v) is 8.59. The van der Waals surface area contributed by atoms with Gasteiger partial charge in [0.15, 0.2) is 5.60 Å². The third-order valence-corrected chi connectivity index (χ3v) is 6.62. The lowest BCUT2D eigenvalue weighted by Crippen LogP contribution is -2.55. The summed E-state index contributed by atoms with van der Waals surface area (Å²) < 4.78 is 72.1. The van der Waals surface area contributed by atoms with Gasteiger partial charge in [0.1, 0.15) is 17.4 Å². The lowest BCUT2D eigenvalue weighted by molar-refractivity contribution is -0.272. The SMILES string of the molecule is CCc1c(F)cc2c(c1O)[C@H](CC)C[C@](O)(C(F)(F)F)[C@H]2Nc1cc(F)cc2[nH]c(=O)ccc12. The molecule has 4 N–H and O–H groups in total. The molecule has 10 heteroatoms. The molecule has 1 aliphatic rings. The molecule has 5 nitrogen and oxygen atoms in total. The van der Waals surface area contributed by atoms with E-state index in [2.05, 4.69) is 10.3 Å². The highest BCUT2D eigenvalue weighted by atomic mass is 19.4. The molecule has 0 saturated heterocycles. The van der Waals surface area contributed by atoms with Crippen molar-refractivity contribution in [3.8, 4) is 5.75 Å². The molecule has 34 heavy (non-hydrogen) atoms. The van der Waals surface area contributed by atoms with Crippen molar-refractivity contribution in [1.29, 1.82) is 0 Å². The number of halogens is 5. The molecule has 0 fully saturated rings. The number of nitrogens with one attached hydrogen (secondary N) is 2. The number of anilines is 1. The van der Waals surface area contributed by atoms with E-state index in [4.69, 9.17) is 0 Å². The maximum Gasteiger partial charge on any atom is 0.419 e. The summed E-state index contributed by atoms with van der Waals surface area (Å²) in [4.78, 5) is 14.0. The van der Waals surface area contributed by atoms with E-state index in [1.165, 1.54) is 6.07 Å². The third-order valence-electron chi connectivity index (χ3n) is 6.62. The number of aromatic nitrogens is 1. The molecule has 2 aromatic carbocycles. The minimum absolute atomic E-state index is 0.0258. The molecular weight excluding hydrogens is 459 g/mol. The van der Waals surface area contributed by atoms with Crippen LogP contribution in [0.15, 0.2) is 35.1 Å². The van der Waals surface area contributed by atoms with Crippen LogP contribution in [0.5, 0.6) is 5.75 Å². The molecule has 0 radical (unpaired) electrons. The smallest absolute Gasteiger partial charge is 0.419 e. The molecule has 1 aliphatic carbocycles. The van der Waals surface area contributed by atoms with Gasteiger partial charge in [-0.05, 0) is 55.0 Å². The van der Waals surface area contributed by atoms with Gasteiger partial charge in [-0.1, -0.05) is 13.8 Å². The molecule has 182 valence electrons. The molecule has 3 atom stereocenters. The topological polar surface area (TPSA) is 85.3 Å². The number of aromatic hydroxyl groups is 1. The van der Waals surface area contributed by atoms with Gasteiger partial charge in [0.25, 0.3) is 0 Å². The van der Waals surface area contributed by atoms with E-state index in [-0.39, 0.29) is 46.1 Å². The number of pyridine rings is 1. The van der Waals surface area contributed by atoms with Gasteiger partial charge in [-0.15, -0.1) is 0 Å². The summed E-state index contributed by atoms with van der Waals surface area (Å²) in [5.74, 6) is -3.08. The molecule has 4 rings (SSSR count). The molecule has 0 spiro atoms. The molecule has 0 amide bonds. The van der Waals surface area contributed by atoms with Crippen LogP contribution >= 0.6 is 0 Å². The van der Waals surface area contributed by atoms with Crippen LogP contribution in [-0.2, 0) is 6.42 Å². The van der Waals surface area contributed by atoms with Crippen LogP contribution in [0.2, 0.25) is 0 Å². The molecule has 3 aromatic rings. The lowest BCUT2D eigenvalue weighted by atomic mass is 9.68. The summed E-state index contributed by atoms with van der Waals surface area (Å²) in [6, 6.07) is 3.31. The van der Waals surface area contributed by atoms with E-state index in [9.17, 15) is 37.0 Å². The summed E-state index contributed by atoms with van der Waals surface area (Å²) in [7, 11) is 0. The zero-order chi connectivity index (χ0) is 25.0. The number of aliphatic hydroxyl groups is 1. The Hall–Kier alpha value is -3.14. The molecular formula is C24H23F5N2O3. The van der Waals surface area contributed by atoms with E-state index in [0.717, 1.165) is 24.3 Å². The summed E-state index contributed by atoms with van der Waals surface area (Å²) >= 11 is 0. The quantitative estimate of drug-likeness (QED) is 0.374. The van der Waals surface area contributed by atoms with Crippen molar-refractivity contribution < 1.29 is 32.2 Å². The summed E-state index contributed by atoms with van der Waals surface area (Å²) in [5.41, 5.74) is -4.16. The van der Waals surface area contributed by atoms with Crippen LogP contribution in [0.4, 0.5) is 27.6 Å². The zero-order valence-electron chi connectivity index (χ0n) is 18.4.